The molecule has 0 saturated carbocycles. The van der Waals surface area contributed by atoms with Gasteiger partial charge in [-0.3, -0.25) is 0 Å². The number of hydrogen-bond donors (Lipinski definition) is 1. The summed E-state index contributed by atoms with van der Waals surface area (Å²) in [5.74, 6) is 1.02. The Morgan fingerprint density at radius 2 is 1.84 bits per heavy atom. The average molecular weight is 259 g/mol. The highest BCUT2D eigenvalue weighted by Crippen LogP contribution is 2.29. The highest BCUT2D eigenvalue weighted by atomic mass is 19.1. The summed E-state index contributed by atoms with van der Waals surface area (Å²) in [5, 5.41) is 0. The molecule has 19 heavy (non-hydrogen) atoms. The molecule has 1 atom stereocenters. The second-order valence-electron chi connectivity index (χ2n) is 4.57. The summed E-state index contributed by atoms with van der Waals surface area (Å²) >= 11 is 0. The van der Waals surface area contributed by atoms with Crippen LogP contribution in [0.15, 0.2) is 42.5 Å². The minimum atomic E-state index is -0.305. The summed E-state index contributed by atoms with van der Waals surface area (Å²) in [6, 6.07) is 12.0. The van der Waals surface area contributed by atoms with Crippen molar-refractivity contribution in [1.82, 2.24) is 0 Å². The molecule has 2 nitrogen and oxygen atoms in total. The quantitative estimate of drug-likeness (QED) is 0.893. The van der Waals surface area contributed by atoms with Gasteiger partial charge in [-0.2, -0.15) is 0 Å². The molecule has 2 aromatic carbocycles. The molecule has 0 saturated heterocycles. The zero-order valence-corrected chi connectivity index (χ0v) is 11.2. The van der Waals surface area contributed by atoms with Crippen molar-refractivity contribution >= 4 is 0 Å². The lowest BCUT2D eigenvalue weighted by atomic mass is 10.1. The van der Waals surface area contributed by atoms with E-state index in [0.29, 0.717) is 11.3 Å². The molecule has 0 bridgehead atoms. The van der Waals surface area contributed by atoms with E-state index in [1.165, 1.54) is 17.7 Å². The molecule has 0 aliphatic rings. The van der Waals surface area contributed by atoms with E-state index < -0.39 is 0 Å². The number of hydrogen-bond acceptors (Lipinski definition) is 2. The van der Waals surface area contributed by atoms with Gasteiger partial charge in [0, 0.05) is 11.6 Å². The Hall–Kier alpha value is -1.87. The van der Waals surface area contributed by atoms with Gasteiger partial charge in [0.25, 0.3) is 0 Å². The van der Waals surface area contributed by atoms with Crippen LogP contribution in [-0.4, -0.2) is 0 Å². The van der Waals surface area contributed by atoms with Crippen LogP contribution in [0.2, 0.25) is 0 Å². The van der Waals surface area contributed by atoms with Gasteiger partial charge in [-0.15, -0.1) is 0 Å². The highest BCUT2D eigenvalue weighted by Gasteiger charge is 2.10. The molecule has 2 N–H and O–H groups in total. The molecule has 0 fully saturated rings. The zero-order chi connectivity index (χ0) is 13.8. The van der Waals surface area contributed by atoms with Crippen molar-refractivity contribution in [2.24, 2.45) is 5.73 Å². The first-order chi connectivity index (χ1) is 9.10. The summed E-state index contributed by atoms with van der Waals surface area (Å²) in [7, 11) is 0. The van der Waals surface area contributed by atoms with Crippen LogP contribution in [0.5, 0.6) is 11.5 Å². The maximum atomic E-state index is 13.2. The van der Waals surface area contributed by atoms with Crippen molar-refractivity contribution in [3.05, 3.63) is 59.4 Å². The second kappa shape index (κ2) is 5.85. The van der Waals surface area contributed by atoms with E-state index in [2.05, 4.69) is 6.92 Å². The van der Waals surface area contributed by atoms with Gasteiger partial charge in [-0.1, -0.05) is 19.1 Å². The first-order valence-corrected chi connectivity index (χ1v) is 6.42. The van der Waals surface area contributed by atoms with E-state index in [1.807, 2.05) is 31.2 Å². The number of rotatable bonds is 4. The van der Waals surface area contributed by atoms with E-state index in [-0.39, 0.29) is 11.9 Å². The largest absolute Gasteiger partial charge is 0.457 e. The maximum Gasteiger partial charge on any atom is 0.132 e. The van der Waals surface area contributed by atoms with E-state index in [4.69, 9.17) is 10.5 Å². The molecular weight excluding hydrogens is 241 g/mol. The molecule has 0 amide bonds. The van der Waals surface area contributed by atoms with Gasteiger partial charge < -0.3 is 10.5 Å². The van der Waals surface area contributed by atoms with Crippen LogP contribution in [0.25, 0.3) is 0 Å². The Bertz CT molecular complexity index is 549. The van der Waals surface area contributed by atoms with E-state index >= 15 is 0 Å². The summed E-state index contributed by atoms with van der Waals surface area (Å²) in [6.45, 7) is 3.91. The van der Waals surface area contributed by atoms with Crippen LogP contribution < -0.4 is 10.5 Å². The molecule has 3 heteroatoms. The van der Waals surface area contributed by atoms with Crippen LogP contribution in [0, 0.1) is 5.82 Å². The molecule has 0 heterocycles. The van der Waals surface area contributed by atoms with Crippen molar-refractivity contribution in [3.63, 3.8) is 0 Å². The molecular formula is C16H18FNO. The first-order valence-electron chi connectivity index (χ1n) is 6.42. The predicted octanol–water partition coefficient (Wildman–Crippen LogP) is 4.20. The zero-order valence-electron chi connectivity index (χ0n) is 11.2. The summed E-state index contributed by atoms with van der Waals surface area (Å²) < 4.78 is 19.0. The Labute approximate surface area is 113 Å². The van der Waals surface area contributed by atoms with Crippen molar-refractivity contribution in [3.8, 4) is 11.5 Å². The Kier molecular flexibility index (Phi) is 4.17. The van der Waals surface area contributed by atoms with Crippen LogP contribution in [-0.2, 0) is 6.42 Å². The molecule has 100 valence electrons. The van der Waals surface area contributed by atoms with E-state index in [1.54, 1.807) is 6.07 Å². The van der Waals surface area contributed by atoms with E-state index in [0.717, 1.165) is 12.2 Å². The van der Waals surface area contributed by atoms with Crippen LogP contribution in [0.4, 0.5) is 4.39 Å². The van der Waals surface area contributed by atoms with Gasteiger partial charge in [0.2, 0.25) is 0 Å². The summed E-state index contributed by atoms with van der Waals surface area (Å²) in [5.41, 5.74) is 7.75. The molecule has 1 unspecified atom stereocenters. The number of aryl methyl sites for hydroxylation is 1. The van der Waals surface area contributed by atoms with Gasteiger partial charge in [0.1, 0.15) is 17.3 Å². The molecule has 0 spiro atoms. The van der Waals surface area contributed by atoms with Crippen molar-refractivity contribution < 1.29 is 9.13 Å². The fraction of sp³-hybridized carbons (Fsp3) is 0.250. The SMILES string of the molecule is CCc1ccc(Oc2ccc(F)cc2C(C)N)cc1. The molecule has 0 aromatic heterocycles. The Morgan fingerprint density at radius 1 is 1.16 bits per heavy atom. The average Bonchev–Trinajstić information content (AvgIpc) is 2.41. The summed E-state index contributed by atoms with van der Waals surface area (Å²) in [4.78, 5) is 0. The predicted molar refractivity (Wildman–Crippen MR) is 74.9 cm³/mol. The topological polar surface area (TPSA) is 35.2 Å². The maximum absolute atomic E-state index is 13.2. The number of ether oxygens (including phenoxy) is 1. The lowest BCUT2D eigenvalue weighted by Crippen LogP contribution is -2.07. The second-order valence-corrected chi connectivity index (χ2v) is 4.57. The van der Waals surface area contributed by atoms with Crippen LogP contribution in [0.1, 0.15) is 31.0 Å². The molecule has 2 rings (SSSR count). The normalized spacial score (nSPS) is 12.2. The highest BCUT2D eigenvalue weighted by molar-refractivity contribution is 5.40. The van der Waals surface area contributed by atoms with Gasteiger partial charge in [0.15, 0.2) is 0 Å². The number of halogens is 1. The minimum absolute atomic E-state index is 0.277. The third kappa shape index (κ3) is 3.32. The molecule has 0 aliphatic heterocycles. The minimum Gasteiger partial charge on any atom is -0.457 e. The summed E-state index contributed by atoms with van der Waals surface area (Å²) in [6.07, 6.45) is 0.988. The van der Waals surface area contributed by atoms with Crippen molar-refractivity contribution in [1.29, 1.82) is 0 Å². The van der Waals surface area contributed by atoms with Crippen molar-refractivity contribution in [2.75, 3.05) is 0 Å². The monoisotopic (exact) mass is 259 g/mol. The molecule has 2 aromatic rings. The van der Waals surface area contributed by atoms with Crippen LogP contribution in [0.3, 0.4) is 0 Å². The lowest BCUT2D eigenvalue weighted by molar-refractivity contribution is 0.469. The Morgan fingerprint density at radius 3 is 2.42 bits per heavy atom. The van der Waals surface area contributed by atoms with Crippen LogP contribution >= 0.6 is 0 Å². The van der Waals surface area contributed by atoms with Gasteiger partial charge in [0.05, 0.1) is 0 Å². The third-order valence-electron chi connectivity index (χ3n) is 3.02. The first kappa shape index (κ1) is 13.6. The van der Waals surface area contributed by atoms with Gasteiger partial charge >= 0.3 is 0 Å². The van der Waals surface area contributed by atoms with Crippen molar-refractivity contribution in [2.45, 2.75) is 26.3 Å². The smallest absolute Gasteiger partial charge is 0.132 e. The third-order valence-corrected chi connectivity index (χ3v) is 3.02. The fourth-order valence-electron chi connectivity index (χ4n) is 1.89. The molecule has 0 aliphatic carbocycles. The fourth-order valence-corrected chi connectivity index (χ4v) is 1.89. The van der Waals surface area contributed by atoms with Gasteiger partial charge in [-0.25, -0.2) is 4.39 Å². The molecule has 0 radical (unpaired) electrons. The van der Waals surface area contributed by atoms with E-state index in [9.17, 15) is 4.39 Å². The Balaban J connectivity index is 2.26. The standard InChI is InChI=1S/C16H18FNO/c1-3-12-4-7-14(8-5-12)19-16-9-6-13(17)10-15(16)11(2)18/h4-11H,3,18H2,1-2H3. The lowest BCUT2D eigenvalue weighted by Gasteiger charge is -2.14. The van der Waals surface area contributed by atoms with Gasteiger partial charge in [-0.05, 0) is 49.2 Å². The number of nitrogens with two attached hydrogens (primary N) is 1. The number of benzene rings is 2.